The molecule has 2 heteroatoms. The molecule has 30 heavy (non-hydrogen) atoms. The standard InChI is InChI=1S/C28H48O2/c1-18(2)8-7-9-19(3)22-10-11-23-25-24(13-15-27(22,23)5)26(4)14-12-21(29)16-20(26)17-28(25,6)30/h17-19,21-25,29-30H,7-16H2,1-6H3/t19?,21-,22+,23-,24-,25-,26-,27+,28?/m0/s1. The van der Waals surface area contributed by atoms with Gasteiger partial charge in [0.2, 0.25) is 0 Å². The highest BCUT2D eigenvalue weighted by molar-refractivity contribution is 5.31. The fourth-order valence-electron chi connectivity index (χ4n) is 9.01. The zero-order valence-corrected chi connectivity index (χ0v) is 20.6. The minimum Gasteiger partial charge on any atom is -0.393 e. The number of aliphatic hydroxyl groups is 2. The molecule has 0 aromatic heterocycles. The normalized spacial score (nSPS) is 49.2. The monoisotopic (exact) mass is 416 g/mol. The van der Waals surface area contributed by atoms with E-state index in [1.165, 1.54) is 50.5 Å². The lowest BCUT2D eigenvalue weighted by molar-refractivity contribution is -0.133. The number of aliphatic hydroxyl groups excluding tert-OH is 1. The molecule has 0 heterocycles. The van der Waals surface area contributed by atoms with Crippen LogP contribution < -0.4 is 0 Å². The Morgan fingerprint density at radius 2 is 1.70 bits per heavy atom. The van der Waals surface area contributed by atoms with Crippen LogP contribution in [-0.4, -0.2) is 21.9 Å². The van der Waals surface area contributed by atoms with Gasteiger partial charge in [0, 0.05) is 0 Å². The molecule has 0 bridgehead atoms. The van der Waals surface area contributed by atoms with E-state index in [0.717, 1.165) is 37.0 Å². The van der Waals surface area contributed by atoms with Gasteiger partial charge in [0.05, 0.1) is 11.7 Å². The Hall–Kier alpha value is -0.340. The van der Waals surface area contributed by atoms with Crippen molar-refractivity contribution < 1.29 is 10.2 Å². The first-order valence-electron chi connectivity index (χ1n) is 13.1. The summed E-state index contributed by atoms with van der Waals surface area (Å²) < 4.78 is 0. The largest absolute Gasteiger partial charge is 0.393 e. The summed E-state index contributed by atoms with van der Waals surface area (Å²) in [5.74, 6) is 4.03. The third-order valence-corrected chi connectivity index (χ3v) is 10.6. The minimum absolute atomic E-state index is 0.189. The van der Waals surface area contributed by atoms with Crippen molar-refractivity contribution in [1.29, 1.82) is 0 Å². The topological polar surface area (TPSA) is 40.5 Å². The van der Waals surface area contributed by atoms with Crippen molar-refractivity contribution in [2.75, 3.05) is 0 Å². The van der Waals surface area contributed by atoms with Crippen LogP contribution in [0.3, 0.4) is 0 Å². The van der Waals surface area contributed by atoms with E-state index in [4.69, 9.17) is 0 Å². The highest BCUT2D eigenvalue weighted by atomic mass is 16.3. The molecule has 3 fully saturated rings. The summed E-state index contributed by atoms with van der Waals surface area (Å²) in [6.07, 6.45) is 14.1. The zero-order chi connectivity index (χ0) is 21.9. The molecule has 4 rings (SSSR count). The summed E-state index contributed by atoms with van der Waals surface area (Å²) in [4.78, 5) is 0. The van der Waals surface area contributed by atoms with E-state index in [9.17, 15) is 10.2 Å². The van der Waals surface area contributed by atoms with Crippen molar-refractivity contribution in [3.8, 4) is 0 Å². The van der Waals surface area contributed by atoms with Crippen molar-refractivity contribution in [1.82, 2.24) is 0 Å². The second kappa shape index (κ2) is 7.91. The molecule has 9 atom stereocenters. The quantitative estimate of drug-likeness (QED) is 0.487. The Balaban J connectivity index is 1.58. The zero-order valence-electron chi connectivity index (χ0n) is 20.6. The molecule has 0 radical (unpaired) electrons. The fraction of sp³-hybridized carbons (Fsp3) is 0.929. The molecular weight excluding hydrogens is 368 g/mol. The molecule has 0 aromatic rings. The molecule has 2 unspecified atom stereocenters. The van der Waals surface area contributed by atoms with E-state index < -0.39 is 5.60 Å². The number of fused-ring (bicyclic) bond motifs is 5. The second-order valence-electron chi connectivity index (χ2n) is 13.0. The van der Waals surface area contributed by atoms with Gasteiger partial charge < -0.3 is 10.2 Å². The highest BCUT2D eigenvalue weighted by Gasteiger charge is 2.63. The van der Waals surface area contributed by atoms with Crippen molar-refractivity contribution in [3.05, 3.63) is 11.6 Å². The summed E-state index contributed by atoms with van der Waals surface area (Å²) in [6.45, 7) is 14.3. The molecule has 0 amide bonds. The summed E-state index contributed by atoms with van der Waals surface area (Å²) in [5, 5.41) is 22.0. The van der Waals surface area contributed by atoms with Crippen LogP contribution in [0.5, 0.6) is 0 Å². The molecule has 172 valence electrons. The molecular formula is C28H48O2. The van der Waals surface area contributed by atoms with Crippen LogP contribution in [0.15, 0.2) is 11.6 Å². The van der Waals surface area contributed by atoms with Gasteiger partial charge in [-0.3, -0.25) is 0 Å². The van der Waals surface area contributed by atoms with Crippen LogP contribution in [0, 0.1) is 46.3 Å². The molecule has 4 aliphatic rings. The summed E-state index contributed by atoms with van der Waals surface area (Å²) in [6, 6.07) is 0. The van der Waals surface area contributed by atoms with Crippen molar-refractivity contribution in [2.24, 2.45) is 46.3 Å². The van der Waals surface area contributed by atoms with Gasteiger partial charge in [0.1, 0.15) is 0 Å². The third-order valence-electron chi connectivity index (χ3n) is 10.6. The Kier molecular flexibility index (Phi) is 6.02. The van der Waals surface area contributed by atoms with Gasteiger partial charge in [-0.1, -0.05) is 65.5 Å². The van der Waals surface area contributed by atoms with Gasteiger partial charge in [-0.05, 0) is 98.2 Å². The maximum atomic E-state index is 11.7. The van der Waals surface area contributed by atoms with Gasteiger partial charge in [0.15, 0.2) is 0 Å². The van der Waals surface area contributed by atoms with Crippen molar-refractivity contribution in [2.45, 2.75) is 117 Å². The predicted molar refractivity (Wildman–Crippen MR) is 125 cm³/mol. The minimum atomic E-state index is -0.724. The first kappa shape index (κ1) is 22.8. The molecule has 3 saturated carbocycles. The van der Waals surface area contributed by atoms with Gasteiger partial charge >= 0.3 is 0 Å². The van der Waals surface area contributed by atoms with Crippen LogP contribution >= 0.6 is 0 Å². The first-order valence-corrected chi connectivity index (χ1v) is 13.1. The van der Waals surface area contributed by atoms with Gasteiger partial charge in [0.25, 0.3) is 0 Å². The van der Waals surface area contributed by atoms with Gasteiger partial charge in [-0.2, -0.15) is 0 Å². The fourth-order valence-corrected chi connectivity index (χ4v) is 9.01. The average Bonchev–Trinajstić information content (AvgIpc) is 2.99. The smallest absolute Gasteiger partial charge is 0.0836 e. The Morgan fingerprint density at radius 1 is 0.967 bits per heavy atom. The summed E-state index contributed by atoms with van der Waals surface area (Å²) in [5.41, 5.74) is 1.21. The van der Waals surface area contributed by atoms with Crippen LogP contribution in [0.4, 0.5) is 0 Å². The lowest BCUT2D eigenvalue weighted by Crippen LogP contribution is -2.58. The van der Waals surface area contributed by atoms with Gasteiger partial charge in [-0.25, -0.2) is 0 Å². The predicted octanol–water partition coefficient (Wildman–Crippen LogP) is 6.75. The van der Waals surface area contributed by atoms with Crippen LogP contribution in [-0.2, 0) is 0 Å². The molecule has 0 aliphatic heterocycles. The lowest BCUT2D eigenvalue weighted by Gasteiger charge is -2.62. The Bertz CT molecular complexity index is 664. The molecule has 4 aliphatic carbocycles. The van der Waals surface area contributed by atoms with E-state index in [-0.39, 0.29) is 11.5 Å². The molecule has 0 spiro atoms. The SMILES string of the molecule is CC(C)CCCC(C)[C@H]1CC[C@H]2[C@H]3[C@H](CC[C@]12C)[C@@]1(C)CC[C@H](O)CC1=CC3(C)O. The second-order valence-corrected chi connectivity index (χ2v) is 13.0. The van der Waals surface area contributed by atoms with E-state index in [1.54, 1.807) is 0 Å². The average molecular weight is 417 g/mol. The maximum absolute atomic E-state index is 11.7. The van der Waals surface area contributed by atoms with Crippen LogP contribution in [0.2, 0.25) is 0 Å². The molecule has 2 N–H and O–H groups in total. The Morgan fingerprint density at radius 3 is 2.40 bits per heavy atom. The number of hydrogen-bond acceptors (Lipinski definition) is 2. The lowest BCUT2D eigenvalue weighted by atomic mass is 9.44. The van der Waals surface area contributed by atoms with E-state index in [2.05, 4.69) is 47.6 Å². The number of rotatable bonds is 5. The van der Waals surface area contributed by atoms with E-state index in [0.29, 0.717) is 23.2 Å². The highest BCUT2D eigenvalue weighted by Crippen LogP contribution is 2.68. The molecule has 0 aromatic carbocycles. The summed E-state index contributed by atoms with van der Waals surface area (Å²) in [7, 11) is 0. The van der Waals surface area contributed by atoms with E-state index in [1.807, 2.05) is 0 Å². The maximum Gasteiger partial charge on any atom is 0.0836 e. The van der Waals surface area contributed by atoms with Crippen molar-refractivity contribution in [3.63, 3.8) is 0 Å². The first-order chi connectivity index (χ1) is 14.0. The van der Waals surface area contributed by atoms with Crippen molar-refractivity contribution >= 4 is 0 Å². The number of hydrogen-bond donors (Lipinski definition) is 2. The third kappa shape index (κ3) is 3.62. The molecule has 0 saturated heterocycles. The molecule has 2 nitrogen and oxygen atoms in total. The summed E-state index contributed by atoms with van der Waals surface area (Å²) >= 11 is 0. The Labute approximate surface area is 185 Å². The van der Waals surface area contributed by atoms with Crippen LogP contribution in [0.25, 0.3) is 0 Å². The van der Waals surface area contributed by atoms with Crippen LogP contribution in [0.1, 0.15) is 106 Å². The van der Waals surface area contributed by atoms with E-state index >= 15 is 0 Å². The van der Waals surface area contributed by atoms with Gasteiger partial charge in [-0.15, -0.1) is 0 Å².